The monoisotopic (exact) mass is 493 g/mol. The molecule has 3 aromatic rings. The van der Waals surface area contributed by atoms with Crippen LogP contribution in [-0.4, -0.2) is 75.7 Å². The Balaban J connectivity index is 1.46. The van der Waals surface area contributed by atoms with Crippen LogP contribution in [0.4, 0.5) is 0 Å². The van der Waals surface area contributed by atoms with Crippen molar-refractivity contribution in [2.45, 2.75) is 45.3 Å². The number of hydrogen-bond donors (Lipinski definition) is 3. The van der Waals surface area contributed by atoms with Gasteiger partial charge in [0.25, 0.3) is 5.91 Å². The first-order chi connectivity index (χ1) is 17.4. The number of carbonyl (C=O) groups excluding carboxylic acids is 2. The van der Waals surface area contributed by atoms with Gasteiger partial charge in [0.2, 0.25) is 5.91 Å². The number of aliphatic hydroxyl groups excluding tert-OH is 1. The largest absolute Gasteiger partial charge is 0.497 e. The fourth-order valence-electron chi connectivity index (χ4n) is 4.64. The molecule has 2 aliphatic rings. The van der Waals surface area contributed by atoms with Crippen LogP contribution < -0.4 is 14.8 Å². The third-order valence-corrected chi connectivity index (χ3v) is 6.87. The summed E-state index contributed by atoms with van der Waals surface area (Å²) in [7, 11) is 1.61. The van der Waals surface area contributed by atoms with Crippen LogP contribution in [-0.2, 0) is 4.79 Å². The molecule has 0 radical (unpaired) electrons. The van der Waals surface area contributed by atoms with Gasteiger partial charge in [0.15, 0.2) is 0 Å². The number of ether oxygens (including phenoxy) is 2. The van der Waals surface area contributed by atoms with E-state index in [0.29, 0.717) is 58.4 Å². The number of nitrogens with zero attached hydrogens (tertiary/aromatic N) is 3. The fraction of sp³-hybridized carbons (Fsp3) is 0.462. The molecule has 5 rings (SSSR count). The molecule has 36 heavy (non-hydrogen) atoms. The lowest BCUT2D eigenvalue weighted by molar-refractivity contribution is -0.130. The number of aliphatic hydroxyl groups is 1. The average Bonchev–Trinajstić information content (AvgIpc) is 3.55. The van der Waals surface area contributed by atoms with Gasteiger partial charge in [-0.15, -0.1) is 0 Å². The first-order valence-electron chi connectivity index (χ1n) is 12.3. The maximum atomic E-state index is 13.3. The van der Waals surface area contributed by atoms with E-state index in [4.69, 9.17) is 9.47 Å². The highest BCUT2D eigenvalue weighted by Gasteiger charge is 2.35. The van der Waals surface area contributed by atoms with E-state index in [2.05, 4.69) is 20.3 Å². The highest BCUT2D eigenvalue weighted by molar-refractivity contribution is 6.09. The van der Waals surface area contributed by atoms with E-state index >= 15 is 0 Å². The zero-order valence-electron chi connectivity index (χ0n) is 20.7. The third kappa shape index (κ3) is 4.60. The molecule has 0 bridgehead atoms. The van der Waals surface area contributed by atoms with E-state index in [1.54, 1.807) is 25.9 Å². The average molecular weight is 494 g/mol. The van der Waals surface area contributed by atoms with Crippen molar-refractivity contribution in [2.24, 2.45) is 5.92 Å². The van der Waals surface area contributed by atoms with Gasteiger partial charge in [-0.05, 0) is 37.8 Å². The summed E-state index contributed by atoms with van der Waals surface area (Å²) >= 11 is 0. The topological polar surface area (TPSA) is 130 Å². The number of β-amino-alcohol motifs (C(OH)–C–C–N with tert-alkyl or cyclic N) is 1. The molecule has 190 valence electrons. The summed E-state index contributed by atoms with van der Waals surface area (Å²) in [6.07, 6.45) is 3.30. The molecule has 2 fully saturated rings. The van der Waals surface area contributed by atoms with Crippen molar-refractivity contribution in [1.29, 1.82) is 0 Å². The van der Waals surface area contributed by atoms with E-state index in [0.717, 1.165) is 5.56 Å². The molecule has 0 spiro atoms. The Hall–Kier alpha value is -3.66. The van der Waals surface area contributed by atoms with Gasteiger partial charge in [0.1, 0.15) is 29.0 Å². The Kier molecular flexibility index (Phi) is 6.53. The van der Waals surface area contributed by atoms with Gasteiger partial charge in [-0.2, -0.15) is 0 Å². The number of aromatic amines is 1. The van der Waals surface area contributed by atoms with E-state index in [9.17, 15) is 14.7 Å². The fourth-order valence-corrected chi connectivity index (χ4v) is 4.64. The van der Waals surface area contributed by atoms with Crippen molar-refractivity contribution >= 4 is 22.8 Å². The second-order valence-electron chi connectivity index (χ2n) is 9.49. The van der Waals surface area contributed by atoms with Gasteiger partial charge in [0, 0.05) is 36.8 Å². The molecule has 1 saturated heterocycles. The van der Waals surface area contributed by atoms with Crippen LogP contribution in [0.3, 0.4) is 0 Å². The lowest BCUT2D eigenvalue weighted by Crippen LogP contribution is -2.43. The molecule has 0 unspecified atom stereocenters. The summed E-state index contributed by atoms with van der Waals surface area (Å²) < 4.78 is 11.5. The van der Waals surface area contributed by atoms with Crippen molar-refractivity contribution in [3.63, 3.8) is 0 Å². The Bertz CT molecular complexity index is 1300. The Morgan fingerprint density at radius 3 is 2.78 bits per heavy atom. The highest BCUT2D eigenvalue weighted by Crippen LogP contribution is 2.38. The van der Waals surface area contributed by atoms with Crippen molar-refractivity contribution in [2.75, 3.05) is 26.8 Å². The number of nitrogens with one attached hydrogen (secondary N) is 2. The minimum Gasteiger partial charge on any atom is -0.497 e. The molecule has 1 aromatic carbocycles. The van der Waals surface area contributed by atoms with Crippen LogP contribution in [0.2, 0.25) is 0 Å². The minimum atomic E-state index is -0.828. The van der Waals surface area contributed by atoms with Gasteiger partial charge in [0.05, 0.1) is 36.9 Å². The number of methoxy groups -OCH3 is 1. The highest BCUT2D eigenvalue weighted by atomic mass is 16.5. The van der Waals surface area contributed by atoms with Crippen LogP contribution in [0, 0.1) is 12.8 Å². The molecule has 10 nitrogen and oxygen atoms in total. The van der Waals surface area contributed by atoms with Crippen LogP contribution in [0.1, 0.15) is 42.2 Å². The third-order valence-electron chi connectivity index (χ3n) is 6.87. The van der Waals surface area contributed by atoms with Crippen LogP contribution >= 0.6 is 0 Å². The molecule has 2 amide bonds. The molecule has 2 atom stereocenters. The summed E-state index contributed by atoms with van der Waals surface area (Å²) in [6.45, 7) is 4.69. The van der Waals surface area contributed by atoms with Crippen molar-refractivity contribution < 1.29 is 24.2 Å². The first-order valence-corrected chi connectivity index (χ1v) is 12.3. The molecular weight excluding hydrogens is 462 g/mol. The maximum absolute atomic E-state index is 13.3. The number of rotatable bonds is 8. The number of H-pyrrole nitrogens is 1. The predicted molar refractivity (Wildman–Crippen MR) is 133 cm³/mol. The molecule has 1 saturated carbocycles. The molecule has 3 heterocycles. The number of amides is 2. The summed E-state index contributed by atoms with van der Waals surface area (Å²) in [5.41, 5.74) is 3.51. The number of fused-ring (bicyclic) bond motifs is 1. The van der Waals surface area contributed by atoms with E-state index in [1.165, 1.54) is 19.2 Å². The van der Waals surface area contributed by atoms with Crippen LogP contribution in [0.5, 0.6) is 11.5 Å². The van der Waals surface area contributed by atoms with Crippen molar-refractivity contribution in [1.82, 2.24) is 25.2 Å². The first kappa shape index (κ1) is 24.1. The predicted octanol–water partition coefficient (Wildman–Crippen LogP) is 2.44. The normalized spacial score (nSPS) is 19.5. The Morgan fingerprint density at radius 2 is 2.06 bits per heavy atom. The van der Waals surface area contributed by atoms with Crippen LogP contribution in [0.25, 0.3) is 22.3 Å². The van der Waals surface area contributed by atoms with Crippen LogP contribution in [0.15, 0.2) is 24.5 Å². The van der Waals surface area contributed by atoms with Gasteiger partial charge in [-0.3, -0.25) is 9.59 Å². The maximum Gasteiger partial charge on any atom is 0.255 e. The summed E-state index contributed by atoms with van der Waals surface area (Å²) in [6, 6.07) is 5.04. The standard InChI is InChI=1S/C26H31N5O5/c1-4-21(33)31-10-18(19(32)11-31)30-26(34)22-14(2)29-25-23(27-13-28-24(22)25)17-8-7-16(35-3)9-20(17)36-12-15-5-6-15/h7-9,13,15,18-19,29,32H,4-6,10-12H2,1-3H3,(H,30,34)/t18-,19-/m1/s1. The summed E-state index contributed by atoms with van der Waals surface area (Å²) in [5.74, 6) is 1.51. The summed E-state index contributed by atoms with van der Waals surface area (Å²) in [4.78, 5) is 39.2. The van der Waals surface area contributed by atoms with E-state index < -0.39 is 12.1 Å². The second-order valence-corrected chi connectivity index (χ2v) is 9.49. The van der Waals surface area contributed by atoms with Crippen molar-refractivity contribution in [3.8, 4) is 22.8 Å². The lowest BCUT2D eigenvalue weighted by atomic mass is 10.1. The van der Waals surface area contributed by atoms with E-state index in [1.807, 2.05) is 18.2 Å². The number of likely N-dealkylation sites (tertiary alicyclic amines) is 1. The smallest absolute Gasteiger partial charge is 0.255 e. The minimum absolute atomic E-state index is 0.0503. The second kappa shape index (κ2) is 9.77. The number of aryl methyl sites for hydroxylation is 1. The summed E-state index contributed by atoms with van der Waals surface area (Å²) in [5, 5.41) is 13.3. The molecule has 1 aliphatic carbocycles. The van der Waals surface area contributed by atoms with Gasteiger partial charge < -0.3 is 29.8 Å². The molecule has 1 aliphatic heterocycles. The zero-order valence-corrected chi connectivity index (χ0v) is 20.7. The SMILES string of the molecule is CCC(=O)N1C[C@@H](O)[C@H](NC(=O)c2c(C)[nH]c3c(-c4ccc(OC)cc4OCC4CC4)ncnc23)C1. The quantitative estimate of drug-likeness (QED) is 0.439. The molecule has 10 heteroatoms. The number of carbonyl (C=O) groups is 2. The van der Waals surface area contributed by atoms with Gasteiger partial charge in [-0.25, -0.2) is 9.97 Å². The van der Waals surface area contributed by atoms with Gasteiger partial charge >= 0.3 is 0 Å². The Morgan fingerprint density at radius 1 is 1.25 bits per heavy atom. The lowest BCUT2D eigenvalue weighted by Gasteiger charge is -2.16. The number of benzene rings is 1. The zero-order chi connectivity index (χ0) is 25.4. The van der Waals surface area contributed by atoms with E-state index in [-0.39, 0.29) is 24.9 Å². The molecular formula is C26H31N5O5. The number of aromatic nitrogens is 3. The molecule has 3 N–H and O–H groups in total. The Labute approximate surface area is 209 Å². The van der Waals surface area contributed by atoms with Crippen molar-refractivity contribution in [3.05, 3.63) is 35.8 Å². The van der Waals surface area contributed by atoms with Gasteiger partial charge in [-0.1, -0.05) is 6.92 Å². The number of hydrogen-bond acceptors (Lipinski definition) is 7. The molecule has 2 aromatic heterocycles.